The molecule has 0 saturated carbocycles. The largest absolute Gasteiger partial charge is 0.326 e. The van der Waals surface area contributed by atoms with Crippen LogP contribution in [0.4, 0.5) is 10.1 Å². The Labute approximate surface area is 178 Å². The van der Waals surface area contributed by atoms with E-state index in [4.69, 9.17) is 23.2 Å². The number of carbonyl (C=O) groups is 1. The molecule has 0 aliphatic carbocycles. The first-order valence-electron chi connectivity index (χ1n) is 9.33. The van der Waals surface area contributed by atoms with Gasteiger partial charge in [-0.05, 0) is 35.4 Å². The van der Waals surface area contributed by atoms with Crippen molar-refractivity contribution in [2.24, 2.45) is 5.92 Å². The minimum absolute atomic E-state index is 0.0552. The normalized spacial score (nSPS) is 21.1. The zero-order chi connectivity index (χ0) is 20.4. The highest BCUT2D eigenvalue weighted by Gasteiger charge is 2.43. The Balaban J connectivity index is 1.71. The Morgan fingerprint density at radius 3 is 2.52 bits per heavy atom. The Morgan fingerprint density at radius 2 is 1.76 bits per heavy atom. The highest BCUT2D eigenvalue weighted by Crippen LogP contribution is 2.42. The lowest BCUT2D eigenvalue weighted by atomic mass is 9.82. The number of hydrogen-bond acceptors (Lipinski definition) is 2. The van der Waals surface area contributed by atoms with Crippen LogP contribution in [0.2, 0.25) is 10.0 Å². The third-order valence-corrected chi connectivity index (χ3v) is 5.81. The van der Waals surface area contributed by atoms with E-state index >= 15 is 0 Å². The second-order valence-electron chi connectivity index (χ2n) is 7.07. The molecule has 148 valence electrons. The quantitative estimate of drug-likeness (QED) is 0.549. The van der Waals surface area contributed by atoms with Crippen LogP contribution in [-0.4, -0.2) is 12.5 Å². The Bertz CT molecular complexity index is 1030. The maximum absolute atomic E-state index is 14.8. The molecular formula is C23H19Cl2FN2O. The molecular weight excluding hydrogens is 410 g/mol. The number of anilines is 1. The summed E-state index contributed by atoms with van der Waals surface area (Å²) in [6, 6.07) is 21.4. The van der Waals surface area contributed by atoms with E-state index in [1.807, 2.05) is 30.3 Å². The standard InChI is InChI=1S/C23H19Cl2FN2O/c24-15-8-4-9-16(12-15)28-23(29)20-18(17-10-5-11-19(25)21(17)26)13-27-22(20)14-6-2-1-3-7-14/h1-12,18,20,22,27H,13H2,(H,28,29). The van der Waals surface area contributed by atoms with Crippen molar-refractivity contribution in [3.8, 4) is 0 Å². The number of rotatable bonds is 4. The number of carbonyl (C=O) groups excluding carboxylic acids is 1. The van der Waals surface area contributed by atoms with Gasteiger partial charge >= 0.3 is 0 Å². The highest BCUT2D eigenvalue weighted by molar-refractivity contribution is 6.31. The first kappa shape index (κ1) is 19.9. The van der Waals surface area contributed by atoms with Gasteiger partial charge in [-0.25, -0.2) is 4.39 Å². The van der Waals surface area contributed by atoms with Crippen molar-refractivity contribution >= 4 is 34.8 Å². The van der Waals surface area contributed by atoms with Gasteiger partial charge in [-0.15, -0.1) is 0 Å². The van der Waals surface area contributed by atoms with Gasteiger partial charge in [-0.2, -0.15) is 0 Å². The first-order valence-corrected chi connectivity index (χ1v) is 10.1. The van der Waals surface area contributed by atoms with E-state index in [-0.39, 0.29) is 22.9 Å². The molecule has 0 spiro atoms. The fourth-order valence-corrected chi connectivity index (χ4v) is 4.33. The van der Waals surface area contributed by atoms with Gasteiger partial charge in [0.25, 0.3) is 0 Å². The van der Waals surface area contributed by atoms with E-state index in [1.54, 1.807) is 36.4 Å². The molecule has 2 N–H and O–H groups in total. The second kappa shape index (κ2) is 8.54. The Morgan fingerprint density at radius 1 is 1.00 bits per heavy atom. The SMILES string of the molecule is O=C(Nc1cccc(Cl)c1)C1C(c2cccc(Cl)c2F)CNC1c1ccccc1. The topological polar surface area (TPSA) is 41.1 Å². The summed E-state index contributed by atoms with van der Waals surface area (Å²) in [5, 5.41) is 6.93. The van der Waals surface area contributed by atoms with Crippen LogP contribution in [0.25, 0.3) is 0 Å². The molecule has 0 bridgehead atoms. The van der Waals surface area contributed by atoms with Crippen molar-refractivity contribution in [2.45, 2.75) is 12.0 Å². The lowest BCUT2D eigenvalue weighted by molar-refractivity contribution is -0.120. The van der Waals surface area contributed by atoms with Gasteiger partial charge in [0.2, 0.25) is 5.91 Å². The summed E-state index contributed by atoms with van der Waals surface area (Å²) in [6.45, 7) is 0.463. The highest BCUT2D eigenvalue weighted by atomic mass is 35.5. The van der Waals surface area contributed by atoms with Crippen LogP contribution in [-0.2, 0) is 4.79 Å². The molecule has 1 aliphatic rings. The van der Waals surface area contributed by atoms with Gasteiger partial charge in [-0.1, -0.05) is 71.7 Å². The predicted molar refractivity (Wildman–Crippen MR) is 115 cm³/mol. The van der Waals surface area contributed by atoms with Crippen molar-refractivity contribution in [2.75, 3.05) is 11.9 Å². The fraction of sp³-hybridized carbons (Fsp3) is 0.174. The average Bonchev–Trinajstić information content (AvgIpc) is 3.16. The molecule has 3 aromatic rings. The minimum Gasteiger partial charge on any atom is -0.326 e. The molecule has 1 fully saturated rings. The molecule has 1 amide bonds. The lowest BCUT2D eigenvalue weighted by Crippen LogP contribution is -2.31. The number of hydrogen-bond donors (Lipinski definition) is 2. The third-order valence-electron chi connectivity index (χ3n) is 5.28. The molecule has 0 radical (unpaired) electrons. The van der Waals surface area contributed by atoms with Gasteiger partial charge < -0.3 is 10.6 Å². The molecule has 4 rings (SSSR count). The van der Waals surface area contributed by atoms with E-state index < -0.39 is 11.7 Å². The van der Waals surface area contributed by atoms with Gasteiger partial charge in [-0.3, -0.25) is 4.79 Å². The monoisotopic (exact) mass is 428 g/mol. The lowest BCUT2D eigenvalue weighted by Gasteiger charge is -2.24. The van der Waals surface area contributed by atoms with Gasteiger partial charge in [0.1, 0.15) is 5.82 Å². The fourth-order valence-electron chi connectivity index (χ4n) is 3.96. The van der Waals surface area contributed by atoms with Gasteiger partial charge in [0.15, 0.2) is 0 Å². The Hall–Kier alpha value is -2.40. The first-order chi connectivity index (χ1) is 14.0. The maximum Gasteiger partial charge on any atom is 0.230 e. The van der Waals surface area contributed by atoms with E-state index in [0.717, 1.165) is 5.56 Å². The number of benzene rings is 3. The van der Waals surface area contributed by atoms with Gasteiger partial charge in [0, 0.05) is 29.2 Å². The van der Waals surface area contributed by atoms with E-state index in [2.05, 4.69) is 10.6 Å². The van der Waals surface area contributed by atoms with Gasteiger partial charge in [0.05, 0.1) is 10.9 Å². The predicted octanol–water partition coefficient (Wildman–Crippen LogP) is 5.82. The van der Waals surface area contributed by atoms with E-state index in [1.165, 1.54) is 6.07 Å². The molecule has 3 nitrogen and oxygen atoms in total. The van der Waals surface area contributed by atoms with E-state index in [0.29, 0.717) is 22.8 Å². The number of nitrogens with one attached hydrogen (secondary N) is 2. The molecule has 3 atom stereocenters. The van der Waals surface area contributed by atoms with Crippen LogP contribution in [0.15, 0.2) is 72.8 Å². The van der Waals surface area contributed by atoms with Crippen LogP contribution in [0.3, 0.4) is 0 Å². The summed E-state index contributed by atoms with van der Waals surface area (Å²) in [4.78, 5) is 13.3. The molecule has 3 aromatic carbocycles. The summed E-state index contributed by atoms with van der Waals surface area (Å²) >= 11 is 12.1. The summed E-state index contributed by atoms with van der Waals surface area (Å²) < 4.78 is 14.8. The van der Waals surface area contributed by atoms with Crippen LogP contribution in [0.5, 0.6) is 0 Å². The summed E-state index contributed by atoms with van der Waals surface area (Å²) in [5.41, 5.74) is 2.02. The van der Waals surface area contributed by atoms with Crippen molar-refractivity contribution in [3.05, 3.63) is 99.8 Å². The summed E-state index contributed by atoms with van der Waals surface area (Å²) in [7, 11) is 0. The summed E-state index contributed by atoms with van der Waals surface area (Å²) in [6.07, 6.45) is 0. The van der Waals surface area contributed by atoms with Crippen molar-refractivity contribution in [3.63, 3.8) is 0 Å². The third kappa shape index (κ3) is 4.15. The van der Waals surface area contributed by atoms with E-state index in [9.17, 15) is 9.18 Å². The van der Waals surface area contributed by atoms with Crippen LogP contribution >= 0.6 is 23.2 Å². The molecule has 3 unspecified atom stereocenters. The minimum atomic E-state index is -0.524. The zero-order valence-corrected chi connectivity index (χ0v) is 16.9. The molecule has 0 aromatic heterocycles. The maximum atomic E-state index is 14.8. The molecule has 1 aliphatic heterocycles. The molecule has 29 heavy (non-hydrogen) atoms. The van der Waals surface area contributed by atoms with Crippen LogP contribution in [0, 0.1) is 11.7 Å². The molecule has 1 saturated heterocycles. The number of halogens is 3. The summed E-state index contributed by atoms with van der Waals surface area (Å²) in [5.74, 6) is -1.56. The molecule has 6 heteroatoms. The van der Waals surface area contributed by atoms with Crippen LogP contribution in [0.1, 0.15) is 23.1 Å². The van der Waals surface area contributed by atoms with Crippen molar-refractivity contribution in [1.82, 2.24) is 5.32 Å². The second-order valence-corrected chi connectivity index (χ2v) is 7.92. The molecule has 1 heterocycles. The van der Waals surface area contributed by atoms with Crippen molar-refractivity contribution < 1.29 is 9.18 Å². The van der Waals surface area contributed by atoms with Crippen molar-refractivity contribution in [1.29, 1.82) is 0 Å². The zero-order valence-electron chi connectivity index (χ0n) is 15.4. The number of amides is 1. The Kier molecular flexibility index (Phi) is 5.86. The average molecular weight is 429 g/mol. The smallest absolute Gasteiger partial charge is 0.230 e. The van der Waals surface area contributed by atoms with Crippen LogP contribution < -0.4 is 10.6 Å².